The van der Waals surface area contributed by atoms with Crippen LogP contribution in [0.5, 0.6) is 11.5 Å². The molecule has 0 bridgehead atoms. The van der Waals surface area contributed by atoms with Crippen LogP contribution < -0.4 is 9.47 Å². The number of benzene rings is 1. The third-order valence-electron chi connectivity index (χ3n) is 4.48. The molecule has 27 heavy (non-hydrogen) atoms. The van der Waals surface area contributed by atoms with Crippen LogP contribution in [0.15, 0.2) is 24.7 Å². The number of nitrogens with zero attached hydrogens (tertiary/aromatic N) is 4. The number of aromatic nitrogens is 2. The zero-order chi connectivity index (χ0) is 19.2. The highest BCUT2D eigenvalue weighted by atomic mass is 35.5. The van der Waals surface area contributed by atoms with Crippen LogP contribution in [-0.2, 0) is 0 Å². The van der Waals surface area contributed by atoms with Gasteiger partial charge >= 0.3 is 0 Å². The molecule has 1 aliphatic rings. The zero-order valence-corrected chi connectivity index (χ0v) is 15.8. The summed E-state index contributed by atoms with van der Waals surface area (Å²) in [6, 6.07) is 2.89. The van der Waals surface area contributed by atoms with Gasteiger partial charge < -0.3 is 14.4 Å². The summed E-state index contributed by atoms with van der Waals surface area (Å²) in [5, 5.41) is 11.8. The van der Waals surface area contributed by atoms with E-state index in [2.05, 4.69) is 14.9 Å². The fourth-order valence-corrected chi connectivity index (χ4v) is 3.36. The van der Waals surface area contributed by atoms with Crippen molar-refractivity contribution in [2.45, 2.75) is 19.3 Å². The van der Waals surface area contributed by atoms with Crippen molar-refractivity contribution in [1.82, 2.24) is 14.9 Å². The van der Waals surface area contributed by atoms with Crippen molar-refractivity contribution >= 4 is 17.3 Å². The Morgan fingerprint density at radius 2 is 2.07 bits per heavy atom. The maximum absolute atomic E-state index is 11.6. The minimum absolute atomic E-state index is 0.147. The molecule has 0 amide bonds. The highest BCUT2D eigenvalue weighted by molar-refractivity contribution is 6.33. The van der Waals surface area contributed by atoms with Crippen LogP contribution in [-0.4, -0.2) is 53.1 Å². The molecule has 0 N–H and O–H groups in total. The molecule has 0 spiro atoms. The maximum atomic E-state index is 11.6. The minimum atomic E-state index is -0.482. The lowest BCUT2D eigenvalue weighted by Gasteiger charge is -2.16. The number of rotatable bonds is 8. The van der Waals surface area contributed by atoms with Crippen molar-refractivity contribution in [2.24, 2.45) is 0 Å². The molecule has 9 heteroatoms. The van der Waals surface area contributed by atoms with Gasteiger partial charge in [0.25, 0.3) is 5.69 Å². The fraction of sp³-hybridized carbons (Fsp3) is 0.444. The second kappa shape index (κ2) is 8.96. The second-order valence-electron chi connectivity index (χ2n) is 6.25. The number of nitro groups is 1. The Labute approximate surface area is 162 Å². The Kier molecular flexibility index (Phi) is 6.41. The lowest BCUT2D eigenvalue weighted by atomic mass is 10.1. The molecule has 1 saturated heterocycles. The van der Waals surface area contributed by atoms with Gasteiger partial charge in [-0.15, -0.1) is 0 Å². The van der Waals surface area contributed by atoms with Gasteiger partial charge in [-0.1, -0.05) is 11.6 Å². The van der Waals surface area contributed by atoms with Crippen LogP contribution in [0.4, 0.5) is 5.69 Å². The molecule has 0 saturated carbocycles. The van der Waals surface area contributed by atoms with Gasteiger partial charge in [0.1, 0.15) is 6.33 Å². The molecule has 1 fully saturated rings. The van der Waals surface area contributed by atoms with Gasteiger partial charge in [0.15, 0.2) is 11.5 Å². The Bertz CT molecular complexity index is 812. The molecule has 1 aromatic carbocycles. The Morgan fingerprint density at radius 3 is 2.74 bits per heavy atom. The molecule has 0 radical (unpaired) electrons. The van der Waals surface area contributed by atoms with Crippen LogP contribution in [0, 0.1) is 10.1 Å². The summed E-state index contributed by atoms with van der Waals surface area (Å²) in [6.07, 6.45) is 6.02. The summed E-state index contributed by atoms with van der Waals surface area (Å²) in [5.41, 5.74) is 0.386. The molecule has 2 aromatic rings. The van der Waals surface area contributed by atoms with Gasteiger partial charge in [0.2, 0.25) is 0 Å². The smallest absolute Gasteiger partial charge is 0.282 e. The molecule has 3 rings (SSSR count). The largest absolute Gasteiger partial charge is 0.493 e. The van der Waals surface area contributed by atoms with Gasteiger partial charge in [-0.25, -0.2) is 9.97 Å². The van der Waals surface area contributed by atoms with E-state index >= 15 is 0 Å². The summed E-state index contributed by atoms with van der Waals surface area (Å²) in [4.78, 5) is 21.4. The van der Waals surface area contributed by atoms with E-state index in [1.165, 1.54) is 44.6 Å². The first-order chi connectivity index (χ1) is 13.1. The SMILES string of the molecule is COc1cc(-c2ncncc2Cl)c([N+](=O)[O-])cc1OCCCN1CCCC1. The molecular weight excluding hydrogens is 372 g/mol. The number of hydrogen-bond donors (Lipinski definition) is 0. The molecular formula is C18H21ClN4O4. The van der Waals surface area contributed by atoms with Crippen molar-refractivity contribution < 1.29 is 14.4 Å². The number of nitro benzene ring substituents is 1. The van der Waals surface area contributed by atoms with Crippen molar-refractivity contribution in [3.63, 3.8) is 0 Å². The standard InChI is InChI=1S/C18H21ClN4O4/c1-26-16-9-13(18-14(19)11-20-12-21-18)15(23(24)25)10-17(16)27-8-4-7-22-5-2-3-6-22/h9-12H,2-8H2,1H3. The van der Waals surface area contributed by atoms with E-state index in [9.17, 15) is 10.1 Å². The van der Waals surface area contributed by atoms with Crippen molar-refractivity contribution in [1.29, 1.82) is 0 Å². The Balaban J connectivity index is 1.81. The summed E-state index contributed by atoms with van der Waals surface area (Å²) in [7, 11) is 1.49. The average molecular weight is 393 g/mol. The maximum Gasteiger partial charge on any atom is 0.282 e. The number of likely N-dealkylation sites (tertiary alicyclic amines) is 1. The first kappa shape index (κ1) is 19.3. The highest BCUT2D eigenvalue weighted by Gasteiger charge is 2.23. The van der Waals surface area contributed by atoms with E-state index in [1.54, 1.807) is 0 Å². The van der Waals surface area contributed by atoms with Gasteiger partial charge in [-0.3, -0.25) is 10.1 Å². The van der Waals surface area contributed by atoms with E-state index in [4.69, 9.17) is 21.1 Å². The lowest BCUT2D eigenvalue weighted by Crippen LogP contribution is -2.21. The number of hydrogen-bond acceptors (Lipinski definition) is 7. The molecule has 0 aliphatic carbocycles. The molecule has 0 unspecified atom stereocenters. The van der Waals surface area contributed by atoms with Crippen LogP contribution in [0.1, 0.15) is 19.3 Å². The van der Waals surface area contributed by atoms with Crippen LogP contribution >= 0.6 is 11.6 Å². The highest BCUT2D eigenvalue weighted by Crippen LogP contribution is 2.41. The average Bonchev–Trinajstić information content (AvgIpc) is 3.18. The second-order valence-corrected chi connectivity index (χ2v) is 6.65. The first-order valence-electron chi connectivity index (χ1n) is 8.77. The topological polar surface area (TPSA) is 90.6 Å². The summed E-state index contributed by atoms with van der Waals surface area (Å²) >= 11 is 6.11. The summed E-state index contributed by atoms with van der Waals surface area (Å²) in [5.74, 6) is 0.728. The Hall–Kier alpha value is -2.45. The van der Waals surface area contributed by atoms with Crippen LogP contribution in [0.25, 0.3) is 11.3 Å². The predicted molar refractivity (Wildman–Crippen MR) is 101 cm³/mol. The van der Waals surface area contributed by atoms with Crippen molar-refractivity contribution in [3.05, 3.63) is 39.8 Å². The molecule has 2 heterocycles. The number of halogens is 1. The van der Waals surface area contributed by atoms with Gasteiger partial charge in [0.05, 0.1) is 41.0 Å². The Morgan fingerprint density at radius 1 is 1.30 bits per heavy atom. The van der Waals surface area contributed by atoms with Crippen molar-refractivity contribution in [2.75, 3.05) is 33.4 Å². The summed E-state index contributed by atoms with van der Waals surface area (Å²) in [6.45, 7) is 3.67. The summed E-state index contributed by atoms with van der Waals surface area (Å²) < 4.78 is 11.1. The molecule has 1 aliphatic heterocycles. The van der Waals surface area contributed by atoms with Crippen LogP contribution in [0.2, 0.25) is 5.02 Å². The molecule has 144 valence electrons. The number of ether oxygens (including phenoxy) is 2. The van der Waals surface area contributed by atoms with E-state index in [0.29, 0.717) is 18.1 Å². The van der Waals surface area contributed by atoms with E-state index in [0.717, 1.165) is 26.1 Å². The van der Waals surface area contributed by atoms with Gasteiger partial charge in [0, 0.05) is 18.8 Å². The first-order valence-corrected chi connectivity index (χ1v) is 9.15. The van der Waals surface area contributed by atoms with E-state index < -0.39 is 4.92 Å². The van der Waals surface area contributed by atoms with Gasteiger partial charge in [-0.2, -0.15) is 0 Å². The fourth-order valence-electron chi connectivity index (χ4n) is 3.15. The molecule has 0 atom stereocenters. The molecule has 1 aromatic heterocycles. The third-order valence-corrected chi connectivity index (χ3v) is 4.75. The van der Waals surface area contributed by atoms with Crippen LogP contribution in [0.3, 0.4) is 0 Å². The van der Waals surface area contributed by atoms with Crippen molar-refractivity contribution in [3.8, 4) is 22.8 Å². The third kappa shape index (κ3) is 4.64. The quantitative estimate of drug-likeness (QED) is 0.385. The molecule has 8 nitrogen and oxygen atoms in total. The van der Waals surface area contributed by atoms with E-state index in [-0.39, 0.29) is 22.0 Å². The zero-order valence-electron chi connectivity index (χ0n) is 15.1. The normalized spacial score (nSPS) is 14.3. The monoisotopic (exact) mass is 392 g/mol. The number of methoxy groups -OCH3 is 1. The lowest BCUT2D eigenvalue weighted by molar-refractivity contribution is -0.384. The van der Waals surface area contributed by atoms with E-state index in [1.807, 2.05) is 0 Å². The predicted octanol–water partition coefficient (Wildman–Crippen LogP) is 3.58. The minimum Gasteiger partial charge on any atom is -0.493 e. The van der Waals surface area contributed by atoms with Gasteiger partial charge in [-0.05, 0) is 32.4 Å².